The standard InChI is InChI=1S/C8H10Cl2N2O2/c1-8(2,11-7(13)4-9)5-3-6(10)12-14-5/h3H,4H2,1-2H3,(H,11,13). The predicted octanol–water partition coefficient (Wildman–Crippen LogP) is 1.92. The quantitative estimate of drug-likeness (QED) is 0.817. The number of alkyl halides is 1. The van der Waals surface area contributed by atoms with Gasteiger partial charge in [-0.15, -0.1) is 11.6 Å². The second kappa shape index (κ2) is 4.19. The van der Waals surface area contributed by atoms with E-state index in [1.54, 1.807) is 19.9 Å². The summed E-state index contributed by atoms with van der Waals surface area (Å²) in [5, 5.41) is 6.45. The van der Waals surface area contributed by atoms with Crippen LogP contribution < -0.4 is 5.32 Å². The van der Waals surface area contributed by atoms with Gasteiger partial charge in [0, 0.05) is 6.07 Å². The third-order valence-electron chi connectivity index (χ3n) is 1.67. The molecule has 0 atom stereocenters. The van der Waals surface area contributed by atoms with Crippen LogP contribution in [0.5, 0.6) is 0 Å². The summed E-state index contributed by atoms with van der Waals surface area (Å²) in [5.41, 5.74) is -0.661. The van der Waals surface area contributed by atoms with Gasteiger partial charge in [0.1, 0.15) is 5.88 Å². The van der Waals surface area contributed by atoms with Crippen molar-refractivity contribution in [2.75, 3.05) is 5.88 Å². The molecule has 1 N–H and O–H groups in total. The molecular weight excluding hydrogens is 227 g/mol. The number of aromatic nitrogens is 1. The number of amides is 1. The van der Waals surface area contributed by atoms with E-state index in [4.69, 9.17) is 27.7 Å². The summed E-state index contributed by atoms with van der Waals surface area (Å²) in [5.74, 6) is 0.121. The first-order valence-corrected chi connectivity index (χ1v) is 4.86. The maximum absolute atomic E-state index is 11.1. The van der Waals surface area contributed by atoms with E-state index in [0.29, 0.717) is 5.76 Å². The lowest BCUT2D eigenvalue weighted by Crippen LogP contribution is -2.41. The molecule has 0 radical (unpaired) electrons. The molecule has 14 heavy (non-hydrogen) atoms. The molecule has 1 heterocycles. The lowest BCUT2D eigenvalue weighted by Gasteiger charge is -2.22. The molecule has 0 unspecified atom stereocenters. The molecule has 0 spiro atoms. The highest BCUT2D eigenvalue weighted by molar-refractivity contribution is 6.29. The van der Waals surface area contributed by atoms with Crippen LogP contribution in [0.15, 0.2) is 10.6 Å². The van der Waals surface area contributed by atoms with Gasteiger partial charge in [0.25, 0.3) is 0 Å². The predicted molar refractivity (Wildman–Crippen MR) is 53.4 cm³/mol. The number of carbonyl (C=O) groups excluding carboxylic acids is 1. The average Bonchev–Trinajstić information content (AvgIpc) is 2.51. The smallest absolute Gasteiger partial charge is 0.235 e. The summed E-state index contributed by atoms with van der Waals surface area (Å²) in [6.45, 7) is 3.54. The van der Waals surface area contributed by atoms with Gasteiger partial charge in [-0.05, 0) is 13.8 Å². The van der Waals surface area contributed by atoms with Crippen LogP contribution in [-0.2, 0) is 10.3 Å². The van der Waals surface area contributed by atoms with Crippen LogP contribution in [0.3, 0.4) is 0 Å². The minimum Gasteiger partial charge on any atom is -0.357 e. The summed E-state index contributed by atoms with van der Waals surface area (Å²) in [6.07, 6.45) is 0. The molecule has 0 aromatic carbocycles. The lowest BCUT2D eigenvalue weighted by atomic mass is 10.0. The van der Waals surface area contributed by atoms with Gasteiger partial charge in [0.15, 0.2) is 10.9 Å². The summed E-state index contributed by atoms with van der Waals surface area (Å²) in [6, 6.07) is 1.55. The fourth-order valence-corrected chi connectivity index (χ4v) is 1.19. The molecule has 1 aromatic rings. The third kappa shape index (κ3) is 2.62. The van der Waals surface area contributed by atoms with E-state index >= 15 is 0 Å². The van der Waals surface area contributed by atoms with Gasteiger partial charge >= 0.3 is 0 Å². The molecule has 1 amide bonds. The molecule has 0 aliphatic rings. The minimum absolute atomic E-state index is 0.0920. The fourth-order valence-electron chi connectivity index (χ4n) is 0.992. The Hall–Kier alpha value is -0.740. The van der Waals surface area contributed by atoms with Crippen LogP contribution in [0, 0.1) is 0 Å². The Morgan fingerprint density at radius 2 is 2.36 bits per heavy atom. The summed E-state index contributed by atoms with van der Waals surface area (Å²) in [4.78, 5) is 11.1. The van der Waals surface area contributed by atoms with E-state index in [9.17, 15) is 4.79 Å². The van der Waals surface area contributed by atoms with Crippen LogP contribution >= 0.6 is 23.2 Å². The van der Waals surface area contributed by atoms with E-state index in [1.807, 2.05) is 0 Å². The molecule has 0 aliphatic carbocycles. The first-order chi connectivity index (χ1) is 6.45. The first-order valence-electron chi connectivity index (χ1n) is 3.95. The highest BCUT2D eigenvalue weighted by Crippen LogP contribution is 2.22. The molecule has 78 valence electrons. The Kier molecular flexibility index (Phi) is 3.39. The number of nitrogens with one attached hydrogen (secondary N) is 1. The SMILES string of the molecule is CC(C)(NC(=O)CCl)c1cc(Cl)no1. The number of carbonyl (C=O) groups is 1. The Bertz CT molecular complexity index is 336. The number of nitrogens with zero attached hydrogens (tertiary/aromatic N) is 1. The van der Waals surface area contributed by atoms with Crippen LogP contribution in [0.4, 0.5) is 0 Å². The maximum Gasteiger partial charge on any atom is 0.235 e. The molecule has 1 rings (SSSR count). The van der Waals surface area contributed by atoms with Gasteiger partial charge in [-0.25, -0.2) is 0 Å². The van der Waals surface area contributed by atoms with Crippen molar-refractivity contribution in [2.24, 2.45) is 0 Å². The molecule has 0 saturated heterocycles. The Labute approximate surface area is 91.5 Å². The topological polar surface area (TPSA) is 55.1 Å². The third-order valence-corrected chi connectivity index (χ3v) is 2.09. The number of halogens is 2. The van der Waals surface area contributed by atoms with Crippen molar-refractivity contribution in [3.05, 3.63) is 17.0 Å². The molecule has 0 fully saturated rings. The molecule has 0 bridgehead atoms. The monoisotopic (exact) mass is 236 g/mol. The van der Waals surface area contributed by atoms with E-state index < -0.39 is 5.54 Å². The van der Waals surface area contributed by atoms with Crippen LogP contribution in [0.25, 0.3) is 0 Å². The van der Waals surface area contributed by atoms with Crippen molar-refractivity contribution in [1.29, 1.82) is 0 Å². The van der Waals surface area contributed by atoms with Crippen LogP contribution in [0.1, 0.15) is 19.6 Å². The zero-order valence-corrected chi connectivity index (χ0v) is 9.32. The molecule has 0 aliphatic heterocycles. The van der Waals surface area contributed by atoms with Gasteiger partial charge in [0.05, 0.1) is 5.54 Å². The largest absolute Gasteiger partial charge is 0.357 e. The second-order valence-corrected chi connectivity index (χ2v) is 3.98. The van der Waals surface area contributed by atoms with E-state index in [0.717, 1.165) is 0 Å². The summed E-state index contributed by atoms with van der Waals surface area (Å²) < 4.78 is 4.93. The van der Waals surface area contributed by atoms with Gasteiger partial charge < -0.3 is 9.84 Å². The van der Waals surface area contributed by atoms with E-state index in [2.05, 4.69) is 10.5 Å². The first kappa shape index (κ1) is 11.3. The number of hydrogen-bond donors (Lipinski definition) is 1. The minimum atomic E-state index is -0.661. The highest BCUT2D eigenvalue weighted by atomic mass is 35.5. The highest BCUT2D eigenvalue weighted by Gasteiger charge is 2.27. The zero-order valence-electron chi connectivity index (χ0n) is 7.80. The van der Waals surface area contributed by atoms with Crippen molar-refractivity contribution < 1.29 is 9.32 Å². The summed E-state index contributed by atoms with van der Waals surface area (Å²) in [7, 11) is 0. The van der Waals surface area contributed by atoms with E-state index in [-0.39, 0.29) is 16.9 Å². The summed E-state index contributed by atoms with van der Waals surface area (Å²) >= 11 is 11.0. The Morgan fingerprint density at radius 3 is 2.79 bits per heavy atom. The Balaban J connectivity index is 2.79. The van der Waals surface area contributed by atoms with Gasteiger partial charge in [-0.1, -0.05) is 16.8 Å². The zero-order chi connectivity index (χ0) is 10.8. The van der Waals surface area contributed by atoms with Crippen molar-refractivity contribution in [3.63, 3.8) is 0 Å². The van der Waals surface area contributed by atoms with Crippen molar-refractivity contribution in [2.45, 2.75) is 19.4 Å². The van der Waals surface area contributed by atoms with Crippen molar-refractivity contribution in [1.82, 2.24) is 10.5 Å². The van der Waals surface area contributed by atoms with Crippen LogP contribution in [-0.4, -0.2) is 16.9 Å². The fraction of sp³-hybridized carbons (Fsp3) is 0.500. The molecular formula is C8H10Cl2N2O2. The normalized spacial score (nSPS) is 11.4. The number of hydrogen-bond acceptors (Lipinski definition) is 3. The van der Waals surface area contributed by atoms with E-state index in [1.165, 1.54) is 0 Å². The van der Waals surface area contributed by atoms with Crippen molar-refractivity contribution >= 4 is 29.1 Å². The van der Waals surface area contributed by atoms with Gasteiger partial charge in [0.2, 0.25) is 5.91 Å². The number of rotatable bonds is 3. The van der Waals surface area contributed by atoms with Gasteiger partial charge in [-0.2, -0.15) is 0 Å². The molecule has 6 heteroatoms. The molecule has 4 nitrogen and oxygen atoms in total. The molecule has 0 saturated carbocycles. The van der Waals surface area contributed by atoms with Crippen LogP contribution in [0.2, 0.25) is 5.15 Å². The van der Waals surface area contributed by atoms with Crippen molar-refractivity contribution in [3.8, 4) is 0 Å². The maximum atomic E-state index is 11.1. The average molecular weight is 237 g/mol. The Morgan fingerprint density at radius 1 is 1.71 bits per heavy atom. The van der Waals surface area contributed by atoms with Gasteiger partial charge in [-0.3, -0.25) is 4.79 Å². The lowest BCUT2D eigenvalue weighted by molar-refractivity contribution is -0.120. The second-order valence-electron chi connectivity index (χ2n) is 3.32. The molecule has 1 aromatic heterocycles.